The third-order valence-corrected chi connectivity index (χ3v) is 4.09. The van der Waals surface area contributed by atoms with Crippen LogP contribution in [0.3, 0.4) is 0 Å². The first-order valence-corrected chi connectivity index (χ1v) is 7.82. The fraction of sp³-hybridized carbons (Fsp3) is 0.235. The number of amides is 1. The number of aryl methyl sites for hydroxylation is 1. The van der Waals surface area contributed by atoms with E-state index in [2.05, 4.69) is 5.32 Å². The van der Waals surface area contributed by atoms with Crippen LogP contribution in [0.4, 0.5) is 5.69 Å². The van der Waals surface area contributed by atoms with Crippen LogP contribution in [0.1, 0.15) is 5.56 Å². The third kappa shape index (κ3) is 4.43. The van der Waals surface area contributed by atoms with E-state index in [1.54, 1.807) is 32.4 Å². The number of carbonyl (C=O) groups excluding carboxylic acids is 1. The van der Waals surface area contributed by atoms with Gasteiger partial charge in [-0.3, -0.25) is 4.79 Å². The molecule has 2 rings (SSSR count). The molecule has 2 aromatic rings. The van der Waals surface area contributed by atoms with Gasteiger partial charge in [-0.1, -0.05) is 17.7 Å². The van der Waals surface area contributed by atoms with Gasteiger partial charge in [0.15, 0.2) is 0 Å². The molecule has 0 saturated heterocycles. The van der Waals surface area contributed by atoms with Crippen molar-refractivity contribution < 1.29 is 14.3 Å². The number of hydrogen-bond donors (Lipinski definition) is 1. The summed E-state index contributed by atoms with van der Waals surface area (Å²) in [5, 5.41) is 2.85. The van der Waals surface area contributed by atoms with Crippen molar-refractivity contribution in [2.45, 2.75) is 11.8 Å². The lowest BCUT2D eigenvalue weighted by molar-refractivity contribution is -0.113. The fourth-order valence-electron chi connectivity index (χ4n) is 1.87. The summed E-state index contributed by atoms with van der Waals surface area (Å²) in [7, 11) is 3.15. The molecule has 4 nitrogen and oxygen atoms in total. The molecular formula is C17H19NO3S. The molecule has 0 saturated carbocycles. The van der Waals surface area contributed by atoms with Crippen LogP contribution in [-0.2, 0) is 4.79 Å². The van der Waals surface area contributed by atoms with Crippen molar-refractivity contribution in [1.29, 1.82) is 0 Å². The quantitative estimate of drug-likeness (QED) is 0.825. The van der Waals surface area contributed by atoms with Crippen molar-refractivity contribution in [3.63, 3.8) is 0 Å². The van der Waals surface area contributed by atoms with Crippen molar-refractivity contribution in [3.05, 3.63) is 48.0 Å². The van der Waals surface area contributed by atoms with Gasteiger partial charge in [0.05, 0.1) is 25.7 Å². The second-order valence-corrected chi connectivity index (χ2v) is 5.76. The maximum Gasteiger partial charge on any atom is 0.234 e. The second-order valence-electron chi connectivity index (χ2n) is 4.72. The normalized spacial score (nSPS) is 10.1. The van der Waals surface area contributed by atoms with Crippen molar-refractivity contribution in [3.8, 4) is 11.5 Å². The molecule has 0 aliphatic heterocycles. The highest BCUT2D eigenvalue weighted by Gasteiger charge is 2.09. The van der Waals surface area contributed by atoms with Crippen molar-refractivity contribution in [1.82, 2.24) is 0 Å². The smallest absolute Gasteiger partial charge is 0.234 e. The largest absolute Gasteiger partial charge is 0.497 e. The molecule has 0 aliphatic carbocycles. The Morgan fingerprint density at radius 3 is 2.45 bits per heavy atom. The summed E-state index contributed by atoms with van der Waals surface area (Å²) in [6.45, 7) is 2.04. The topological polar surface area (TPSA) is 47.6 Å². The number of anilines is 1. The minimum Gasteiger partial charge on any atom is -0.497 e. The van der Waals surface area contributed by atoms with E-state index in [9.17, 15) is 4.79 Å². The van der Waals surface area contributed by atoms with Crippen LogP contribution in [0.2, 0.25) is 0 Å². The van der Waals surface area contributed by atoms with E-state index >= 15 is 0 Å². The molecule has 0 unspecified atom stereocenters. The van der Waals surface area contributed by atoms with Crippen molar-refractivity contribution in [2.75, 3.05) is 25.3 Å². The van der Waals surface area contributed by atoms with Gasteiger partial charge in [0.1, 0.15) is 11.5 Å². The lowest BCUT2D eigenvalue weighted by atomic mass is 10.2. The number of hydrogen-bond acceptors (Lipinski definition) is 4. The lowest BCUT2D eigenvalue weighted by Crippen LogP contribution is -2.14. The maximum absolute atomic E-state index is 12.1. The van der Waals surface area contributed by atoms with Gasteiger partial charge in [-0.15, -0.1) is 11.8 Å². The minimum atomic E-state index is -0.0750. The van der Waals surface area contributed by atoms with Gasteiger partial charge in [-0.05, 0) is 31.2 Å². The summed E-state index contributed by atoms with van der Waals surface area (Å²) in [6.07, 6.45) is 0. The van der Waals surface area contributed by atoms with E-state index in [0.29, 0.717) is 22.9 Å². The van der Waals surface area contributed by atoms with E-state index in [1.165, 1.54) is 17.3 Å². The van der Waals surface area contributed by atoms with Gasteiger partial charge in [0, 0.05) is 11.0 Å². The molecule has 5 heteroatoms. The van der Waals surface area contributed by atoms with E-state index in [4.69, 9.17) is 9.47 Å². The first kappa shape index (κ1) is 16.2. The number of rotatable bonds is 6. The van der Waals surface area contributed by atoms with Gasteiger partial charge in [-0.2, -0.15) is 0 Å². The summed E-state index contributed by atoms with van der Waals surface area (Å²) in [5.41, 5.74) is 1.84. The number of nitrogens with one attached hydrogen (secondary N) is 1. The molecule has 22 heavy (non-hydrogen) atoms. The molecule has 2 aromatic carbocycles. The highest BCUT2D eigenvalue weighted by Crippen LogP contribution is 2.29. The molecule has 0 aliphatic rings. The Labute approximate surface area is 134 Å². The molecule has 116 valence electrons. The number of methoxy groups -OCH3 is 2. The lowest BCUT2D eigenvalue weighted by Gasteiger charge is -2.11. The summed E-state index contributed by atoms with van der Waals surface area (Å²) in [6, 6.07) is 13.4. The van der Waals surface area contributed by atoms with Crippen LogP contribution >= 0.6 is 11.8 Å². The maximum atomic E-state index is 12.1. The number of benzene rings is 2. The Morgan fingerprint density at radius 1 is 1.09 bits per heavy atom. The van der Waals surface area contributed by atoms with Gasteiger partial charge < -0.3 is 14.8 Å². The zero-order valence-corrected chi connectivity index (χ0v) is 13.7. The zero-order valence-electron chi connectivity index (χ0n) is 12.9. The van der Waals surface area contributed by atoms with Gasteiger partial charge >= 0.3 is 0 Å². The van der Waals surface area contributed by atoms with E-state index in [1.807, 2.05) is 31.2 Å². The Morgan fingerprint density at radius 2 is 1.82 bits per heavy atom. The average molecular weight is 317 g/mol. The van der Waals surface area contributed by atoms with E-state index in [0.717, 1.165) is 4.90 Å². The molecule has 1 N–H and O–H groups in total. The van der Waals surface area contributed by atoms with Gasteiger partial charge in [-0.25, -0.2) is 0 Å². The fourth-order valence-corrected chi connectivity index (χ4v) is 2.57. The Kier molecular flexibility index (Phi) is 5.72. The van der Waals surface area contributed by atoms with Gasteiger partial charge in [0.2, 0.25) is 5.91 Å². The molecule has 0 atom stereocenters. The van der Waals surface area contributed by atoms with E-state index < -0.39 is 0 Å². The van der Waals surface area contributed by atoms with E-state index in [-0.39, 0.29) is 5.91 Å². The summed E-state index contributed by atoms with van der Waals surface area (Å²) in [5.74, 6) is 1.53. The Balaban J connectivity index is 1.95. The monoisotopic (exact) mass is 317 g/mol. The molecule has 0 aromatic heterocycles. The number of thioether (sulfide) groups is 1. The molecule has 0 spiro atoms. The van der Waals surface area contributed by atoms with Crippen LogP contribution in [0, 0.1) is 6.92 Å². The third-order valence-electron chi connectivity index (χ3n) is 3.07. The summed E-state index contributed by atoms with van der Waals surface area (Å²) >= 11 is 1.50. The summed E-state index contributed by atoms with van der Waals surface area (Å²) < 4.78 is 10.4. The van der Waals surface area contributed by atoms with Crippen LogP contribution in [0.5, 0.6) is 11.5 Å². The summed E-state index contributed by atoms with van der Waals surface area (Å²) in [4.78, 5) is 13.1. The van der Waals surface area contributed by atoms with Crippen LogP contribution < -0.4 is 14.8 Å². The molecule has 0 bridgehead atoms. The predicted molar refractivity (Wildman–Crippen MR) is 90.1 cm³/mol. The minimum absolute atomic E-state index is 0.0750. The second kappa shape index (κ2) is 7.75. The Hall–Kier alpha value is -2.14. The molecule has 0 heterocycles. The first-order valence-electron chi connectivity index (χ1n) is 6.83. The first-order chi connectivity index (χ1) is 10.6. The van der Waals surface area contributed by atoms with Crippen LogP contribution in [-0.4, -0.2) is 25.9 Å². The molecular weight excluding hydrogens is 298 g/mol. The van der Waals surface area contributed by atoms with Crippen molar-refractivity contribution in [2.24, 2.45) is 0 Å². The van der Waals surface area contributed by atoms with Gasteiger partial charge in [0.25, 0.3) is 0 Å². The average Bonchev–Trinajstić information content (AvgIpc) is 2.54. The highest BCUT2D eigenvalue weighted by molar-refractivity contribution is 8.00. The SMILES string of the molecule is COc1ccc(NC(=O)CSc2ccc(C)cc2)c(OC)c1. The molecule has 0 fully saturated rings. The predicted octanol–water partition coefficient (Wildman–Crippen LogP) is 3.74. The molecule has 0 radical (unpaired) electrons. The van der Waals surface area contributed by atoms with Crippen LogP contribution in [0.15, 0.2) is 47.4 Å². The zero-order chi connectivity index (χ0) is 15.9. The number of ether oxygens (including phenoxy) is 2. The Bertz CT molecular complexity index is 641. The molecule has 1 amide bonds. The van der Waals surface area contributed by atoms with Crippen LogP contribution in [0.25, 0.3) is 0 Å². The standard InChI is InChI=1S/C17H19NO3S/c1-12-4-7-14(8-5-12)22-11-17(19)18-15-9-6-13(20-2)10-16(15)21-3/h4-10H,11H2,1-3H3,(H,18,19). The van der Waals surface area contributed by atoms with Crippen molar-refractivity contribution >= 4 is 23.4 Å². The highest BCUT2D eigenvalue weighted by atomic mass is 32.2. The number of carbonyl (C=O) groups is 1.